The van der Waals surface area contributed by atoms with E-state index in [0.717, 1.165) is 32.7 Å². The molecule has 0 spiro atoms. The van der Waals surface area contributed by atoms with Gasteiger partial charge >= 0.3 is 0 Å². The second-order valence-electron chi connectivity index (χ2n) is 6.99. The molecule has 3 rings (SSSR count). The fourth-order valence-corrected chi connectivity index (χ4v) is 3.11. The van der Waals surface area contributed by atoms with E-state index in [4.69, 9.17) is 0 Å². The topological polar surface area (TPSA) is 78.7 Å². The number of nitro groups is 1. The van der Waals surface area contributed by atoms with Crippen LogP contribution in [0.4, 0.5) is 11.4 Å². The Morgan fingerprint density at radius 3 is 2.28 bits per heavy atom. The van der Waals surface area contributed by atoms with Gasteiger partial charge in [0, 0.05) is 55.6 Å². The second kappa shape index (κ2) is 10.7. The Balaban J connectivity index is 0.00000145. The third-order valence-electron chi connectivity index (χ3n) is 4.88. The molecular formula is C22H30N4O3. The zero-order valence-electron chi connectivity index (χ0n) is 17.6. The van der Waals surface area contributed by atoms with Crippen LogP contribution < -0.4 is 5.32 Å². The summed E-state index contributed by atoms with van der Waals surface area (Å²) in [6, 6.07) is 12.2. The van der Waals surface area contributed by atoms with Crippen molar-refractivity contribution in [1.82, 2.24) is 9.80 Å². The molecule has 0 unspecified atom stereocenters. The molecule has 0 saturated carbocycles. The van der Waals surface area contributed by atoms with Gasteiger partial charge in [0.15, 0.2) is 0 Å². The molecule has 2 aromatic carbocycles. The lowest BCUT2D eigenvalue weighted by Crippen LogP contribution is -2.43. The molecule has 29 heavy (non-hydrogen) atoms. The molecule has 1 aliphatic rings. The molecule has 1 amide bonds. The third-order valence-corrected chi connectivity index (χ3v) is 4.88. The minimum atomic E-state index is -0.446. The Labute approximate surface area is 172 Å². The van der Waals surface area contributed by atoms with Crippen LogP contribution in [0.5, 0.6) is 0 Å². The number of aryl methyl sites for hydroxylation is 1. The average Bonchev–Trinajstić information content (AvgIpc) is 2.73. The van der Waals surface area contributed by atoms with E-state index in [0.29, 0.717) is 16.8 Å². The van der Waals surface area contributed by atoms with Crippen LogP contribution in [0.15, 0.2) is 42.5 Å². The van der Waals surface area contributed by atoms with Crippen LogP contribution in [0.1, 0.15) is 35.3 Å². The maximum absolute atomic E-state index is 12.4. The maximum Gasteiger partial charge on any atom is 0.274 e. The Morgan fingerprint density at radius 1 is 1.07 bits per heavy atom. The van der Waals surface area contributed by atoms with Crippen molar-refractivity contribution < 1.29 is 9.72 Å². The van der Waals surface area contributed by atoms with Gasteiger partial charge in [-0.3, -0.25) is 19.8 Å². The highest BCUT2D eigenvalue weighted by atomic mass is 16.6. The van der Waals surface area contributed by atoms with Crippen LogP contribution in [-0.2, 0) is 6.54 Å². The van der Waals surface area contributed by atoms with E-state index in [2.05, 4.69) is 22.2 Å². The van der Waals surface area contributed by atoms with Crippen LogP contribution >= 0.6 is 0 Å². The fourth-order valence-electron chi connectivity index (χ4n) is 3.11. The molecule has 1 aliphatic heterocycles. The number of benzene rings is 2. The summed E-state index contributed by atoms with van der Waals surface area (Å²) >= 11 is 0. The summed E-state index contributed by atoms with van der Waals surface area (Å²) in [5, 5.41) is 13.8. The first-order chi connectivity index (χ1) is 13.9. The molecular weight excluding hydrogens is 368 g/mol. The monoisotopic (exact) mass is 398 g/mol. The fraction of sp³-hybridized carbons (Fsp3) is 0.409. The molecule has 2 aromatic rings. The molecule has 7 heteroatoms. The number of nitrogens with zero attached hydrogens (tertiary/aromatic N) is 3. The number of hydrogen-bond donors (Lipinski definition) is 1. The van der Waals surface area contributed by atoms with Gasteiger partial charge in [-0.25, -0.2) is 0 Å². The van der Waals surface area contributed by atoms with E-state index >= 15 is 0 Å². The minimum Gasteiger partial charge on any atom is -0.322 e. The molecule has 1 saturated heterocycles. The van der Waals surface area contributed by atoms with Gasteiger partial charge < -0.3 is 10.2 Å². The highest BCUT2D eigenvalue weighted by Gasteiger charge is 2.15. The van der Waals surface area contributed by atoms with Crippen molar-refractivity contribution in [3.63, 3.8) is 0 Å². The van der Waals surface area contributed by atoms with E-state index < -0.39 is 4.92 Å². The van der Waals surface area contributed by atoms with E-state index in [1.54, 1.807) is 31.2 Å². The number of nitrogens with one attached hydrogen (secondary N) is 1. The number of likely N-dealkylation sites (N-methyl/N-ethyl adjacent to an activating group) is 1. The summed E-state index contributed by atoms with van der Waals surface area (Å²) < 4.78 is 0. The largest absolute Gasteiger partial charge is 0.322 e. The predicted molar refractivity (Wildman–Crippen MR) is 116 cm³/mol. The van der Waals surface area contributed by atoms with Gasteiger partial charge in [0.25, 0.3) is 11.6 Å². The van der Waals surface area contributed by atoms with Crippen molar-refractivity contribution in [3.8, 4) is 0 Å². The van der Waals surface area contributed by atoms with Crippen molar-refractivity contribution >= 4 is 17.3 Å². The minimum absolute atomic E-state index is 0.00433. The van der Waals surface area contributed by atoms with Gasteiger partial charge in [-0.2, -0.15) is 0 Å². The number of anilines is 1. The molecule has 1 fully saturated rings. The lowest BCUT2D eigenvalue weighted by molar-refractivity contribution is -0.385. The van der Waals surface area contributed by atoms with Gasteiger partial charge in [0.1, 0.15) is 0 Å². The molecule has 1 heterocycles. The van der Waals surface area contributed by atoms with Crippen molar-refractivity contribution in [2.75, 3.05) is 38.5 Å². The molecule has 0 bridgehead atoms. The molecule has 156 valence electrons. The van der Waals surface area contributed by atoms with Gasteiger partial charge in [-0.1, -0.05) is 32.0 Å². The highest BCUT2D eigenvalue weighted by molar-refractivity contribution is 6.04. The van der Waals surface area contributed by atoms with E-state index in [9.17, 15) is 14.9 Å². The number of carbonyl (C=O) groups is 1. The summed E-state index contributed by atoms with van der Waals surface area (Å²) in [7, 11) is 2.13. The predicted octanol–water partition coefficient (Wildman–Crippen LogP) is 3.93. The Kier molecular flexibility index (Phi) is 8.30. The van der Waals surface area contributed by atoms with Crippen LogP contribution in [0.2, 0.25) is 0 Å². The first kappa shape index (κ1) is 22.5. The first-order valence-corrected chi connectivity index (χ1v) is 9.98. The Hall–Kier alpha value is -2.77. The SMILES string of the molecule is CC.Cc1ccc(NC(=O)c2ccc(CN3CCN(C)CC3)cc2)cc1[N+](=O)[O-]. The van der Waals surface area contributed by atoms with Gasteiger partial charge in [0.2, 0.25) is 0 Å². The number of carbonyl (C=O) groups excluding carboxylic acids is 1. The molecule has 1 N–H and O–H groups in total. The Bertz CT molecular complexity index is 828. The normalized spacial score (nSPS) is 14.6. The van der Waals surface area contributed by atoms with Gasteiger partial charge in [-0.05, 0) is 37.7 Å². The summed E-state index contributed by atoms with van der Waals surface area (Å²) in [5.41, 5.74) is 2.67. The molecule has 7 nitrogen and oxygen atoms in total. The van der Waals surface area contributed by atoms with Crippen molar-refractivity contribution in [2.24, 2.45) is 0 Å². The second-order valence-corrected chi connectivity index (χ2v) is 6.99. The number of rotatable bonds is 5. The molecule has 0 aliphatic carbocycles. The molecule has 0 aromatic heterocycles. The lowest BCUT2D eigenvalue weighted by atomic mass is 10.1. The number of amides is 1. The number of nitro benzene ring substituents is 1. The first-order valence-electron chi connectivity index (χ1n) is 9.98. The zero-order valence-corrected chi connectivity index (χ0v) is 17.6. The van der Waals surface area contributed by atoms with Crippen molar-refractivity contribution in [1.29, 1.82) is 0 Å². The van der Waals surface area contributed by atoms with Crippen LogP contribution in [0, 0.1) is 17.0 Å². The highest BCUT2D eigenvalue weighted by Crippen LogP contribution is 2.22. The summed E-state index contributed by atoms with van der Waals surface area (Å²) in [6.07, 6.45) is 0. The number of piperazine rings is 1. The molecule has 0 atom stereocenters. The van der Waals surface area contributed by atoms with E-state index in [-0.39, 0.29) is 11.6 Å². The summed E-state index contributed by atoms with van der Waals surface area (Å²) in [6.45, 7) is 10.8. The molecule has 0 radical (unpaired) electrons. The lowest BCUT2D eigenvalue weighted by Gasteiger charge is -2.32. The van der Waals surface area contributed by atoms with Gasteiger partial charge in [0.05, 0.1) is 4.92 Å². The Morgan fingerprint density at radius 2 is 1.69 bits per heavy atom. The van der Waals surface area contributed by atoms with Crippen LogP contribution in [-0.4, -0.2) is 53.9 Å². The van der Waals surface area contributed by atoms with Crippen LogP contribution in [0.3, 0.4) is 0 Å². The summed E-state index contributed by atoms with van der Waals surface area (Å²) in [4.78, 5) is 27.7. The van der Waals surface area contributed by atoms with Crippen molar-refractivity contribution in [2.45, 2.75) is 27.3 Å². The maximum atomic E-state index is 12.4. The van der Waals surface area contributed by atoms with E-state index in [1.165, 1.54) is 11.6 Å². The number of hydrogen-bond acceptors (Lipinski definition) is 5. The third kappa shape index (κ3) is 6.37. The zero-order chi connectivity index (χ0) is 21.4. The van der Waals surface area contributed by atoms with Crippen LogP contribution in [0.25, 0.3) is 0 Å². The summed E-state index contributed by atoms with van der Waals surface area (Å²) in [5.74, 6) is -0.278. The average molecular weight is 399 g/mol. The van der Waals surface area contributed by atoms with Crippen molar-refractivity contribution in [3.05, 3.63) is 69.3 Å². The quantitative estimate of drug-likeness (QED) is 0.610. The smallest absolute Gasteiger partial charge is 0.274 e. The van der Waals surface area contributed by atoms with E-state index in [1.807, 2.05) is 26.0 Å². The van der Waals surface area contributed by atoms with Gasteiger partial charge in [-0.15, -0.1) is 0 Å². The standard InChI is InChI=1S/C20H24N4O3.C2H6/c1-15-3-8-18(13-19(15)24(26)27)21-20(25)17-6-4-16(5-7-17)14-23-11-9-22(2)10-12-23;1-2/h3-8,13H,9-12,14H2,1-2H3,(H,21,25);1-2H3.